The van der Waals surface area contributed by atoms with Crippen molar-refractivity contribution in [3.63, 3.8) is 0 Å². The van der Waals surface area contributed by atoms with Gasteiger partial charge in [-0.05, 0) is 61.9 Å². The summed E-state index contributed by atoms with van der Waals surface area (Å²) < 4.78 is 2.28. The average molecular weight is 429 g/mol. The molecule has 2 rings (SSSR count). The van der Waals surface area contributed by atoms with Gasteiger partial charge >= 0.3 is 0 Å². The Morgan fingerprint density at radius 1 is 1.05 bits per heavy atom. The third-order valence-corrected chi connectivity index (χ3v) is 5.40. The first-order valence-corrected chi connectivity index (χ1v) is 9.46. The molecule has 0 heterocycles. The van der Waals surface area contributed by atoms with Gasteiger partial charge in [0.25, 0.3) is 0 Å². The topological polar surface area (TPSA) is 12.0 Å². The van der Waals surface area contributed by atoms with E-state index in [0.29, 0.717) is 6.04 Å². The molecule has 1 N–H and O–H groups in total. The molecule has 0 aliphatic heterocycles. The molecule has 0 saturated heterocycles. The Morgan fingerprint density at radius 3 is 2.33 bits per heavy atom. The summed E-state index contributed by atoms with van der Waals surface area (Å²) in [5.41, 5.74) is 1.31. The molecule has 0 bridgehead atoms. The van der Waals surface area contributed by atoms with Gasteiger partial charge in [0.2, 0.25) is 0 Å². The fourth-order valence-corrected chi connectivity index (χ4v) is 4.03. The Kier molecular flexibility index (Phi) is 6.80. The van der Waals surface area contributed by atoms with E-state index in [9.17, 15) is 0 Å². The second-order valence-corrected chi connectivity index (χ2v) is 7.83. The molecular weight excluding hydrogens is 410 g/mol. The Morgan fingerprint density at radius 2 is 1.71 bits per heavy atom. The van der Waals surface area contributed by atoms with E-state index in [1.54, 1.807) is 11.8 Å². The fraction of sp³-hybridized carbons (Fsp3) is 0.294. The predicted molar refractivity (Wildman–Crippen MR) is 99.1 cm³/mol. The number of rotatable bonds is 6. The van der Waals surface area contributed by atoms with Crippen molar-refractivity contribution < 1.29 is 0 Å². The summed E-state index contributed by atoms with van der Waals surface area (Å²) in [6.07, 6.45) is 1.15. The van der Waals surface area contributed by atoms with Crippen molar-refractivity contribution in [1.29, 1.82) is 0 Å². The first-order valence-electron chi connectivity index (χ1n) is 7.06. The minimum Gasteiger partial charge on any atom is -0.310 e. The van der Waals surface area contributed by atoms with Crippen LogP contribution in [0.1, 0.15) is 31.9 Å². The van der Waals surface area contributed by atoms with Crippen LogP contribution in [-0.4, -0.2) is 6.54 Å². The van der Waals surface area contributed by atoms with Gasteiger partial charge in [-0.3, -0.25) is 0 Å². The van der Waals surface area contributed by atoms with E-state index in [1.807, 2.05) is 0 Å². The summed E-state index contributed by atoms with van der Waals surface area (Å²) in [5.74, 6) is 0. The summed E-state index contributed by atoms with van der Waals surface area (Å²) in [7, 11) is 0. The lowest BCUT2D eigenvalue weighted by atomic mass is 10.1. The van der Waals surface area contributed by atoms with E-state index in [2.05, 4.69) is 93.5 Å². The highest BCUT2D eigenvalue weighted by atomic mass is 79.9. The normalized spacial score (nSPS) is 12.4. The SMILES string of the molecule is CCCNC(C)c1ccc(Sc2ccc(Br)cc2)cc1Br. The average Bonchev–Trinajstić information content (AvgIpc) is 2.47. The molecule has 0 aromatic heterocycles. The molecule has 4 heteroatoms. The summed E-state index contributed by atoms with van der Waals surface area (Å²) in [4.78, 5) is 2.49. The van der Waals surface area contributed by atoms with Crippen LogP contribution in [0, 0.1) is 0 Å². The van der Waals surface area contributed by atoms with Gasteiger partial charge in [-0.25, -0.2) is 0 Å². The van der Waals surface area contributed by atoms with E-state index < -0.39 is 0 Å². The maximum Gasteiger partial charge on any atom is 0.0302 e. The Balaban J connectivity index is 2.09. The maximum absolute atomic E-state index is 3.70. The Bertz CT molecular complexity index is 584. The van der Waals surface area contributed by atoms with Crippen molar-refractivity contribution in [2.75, 3.05) is 6.54 Å². The van der Waals surface area contributed by atoms with E-state index in [-0.39, 0.29) is 0 Å². The van der Waals surface area contributed by atoms with E-state index in [4.69, 9.17) is 0 Å². The van der Waals surface area contributed by atoms with Crippen molar-refractivity contribution in [2.45, 2.75) is 36.1 Å². The first kappa shape index (κ1) is 17.1. The lowest BCUT2D eigenvalue weighted by Gasteiger charge is -2.16. The molecule has 21 heavy (non-hydrogen) atoms. The molecule has 0 spiro atoms. The van der Waals surface area contributed by atoms with Crippen molar-refractivity contribution in [1.82, 2.24) is 5.32 Å². The van der Waals surface area contributed by atoms with Crippen LogP contribution in [0.25, 0.3) is 0 Å². The van der Waals surface area contributed by atoms with Gasteiger partial charge in [-0.1, -0.05) is 56.6 Å². The van der Waals surface area contributed by atoms with Crippen molar-refractivity contribution in [3.8, 4) is 0 Å². The van der Waals surface area contributed by atoms with Gasteiger partial charge in [0.1, 0.15) is 0 Å². The zero-order chi connectivity index (χ0) is 15.2. The molecule has 1 unspecified atom stereocenters. The molecule has 112 valence electrons. The van der Waals surface area contributed by atoms with E-state index in [0.717, 1.165) is 17.4 Å². The number of hydrogen-bond donors (Lipinski definition) is 1. The number of halogens is 2. The lowest BCUT2D eigenvalue weighted by Crippen LogP contribution is -2.19. The van der Waals surface area contributed by atoms with Crippen LogP contribution in [0.4, 0.5) is 0 Å². The second-order valence-electron chi connectivity index (χ2n) is 4.92. The molecule has 1 atom stereocenters. The van der Waals surface area contributed by atoms with Crippen LogP contribution in [0.2, 0.25) is 0 Å². The first-order chi connectivity index (χ1) is 10.1. The fourth-order valence-electron chi connectivity index (χ4n) is 2.03. The Hall–Kier alpha value is -0.290. The van der Waals surface area contributed by atoms with Gasteiger partial charge < -0.3 is 5.32 Å². The van der Waals surface area contributed by atoms with Crippen molar-refractivity contribution >= 4 is 43.6 Å². The summed E-state index contributed by atoms with van der Waals surface area (Å²) >= 11 is 8.95. The molecule has 2 aromatic rings. The molecule has 0 radical (unpaired) electrons. The highest BCUT2D eigenvalue weighted by Crippen LogP contribution is 2.33. The van der Waals surface area contributed by atoms with Crippen LogP contribution < -0.4 is 5.32 Å². The number of benzene rings is 2. The molecule has 0 aliphatic rings. The predicted octanol–water partition coefficient (Wildman–Crippen LogP) is 6.42. The minimum atomic E-state index is 0.367. The maximum atomic E-state index is 3.70. The molecule has 1 nitrogen and oxygen atoms in total. The minimum absolute atomic E-state index is 0.367. The lowest BCUT2D eigenvalue weighted by molar-refractivity contribution is 0.568. The van der Waals surface area contributed by atoms with Crippen LogP contribution in [-0.2, 0) is 0 Å². The zero-order valence-corrected chi connectivity index (χ0v) is 16.2. The van der Waals surface area contributed by atoms with Crippen molar-refractivity contribution in [2.24, 2.45) is 0 Å². The zero-order valence-electron chi connectivity index (χ0n) is 12.2. The third-order valence-electron chi connectivity index (χ3n) is 3.19. The molecule has 0 aliphatic carbocycles. The molecular formula is C17H19Br2NS. The number of nitrogens with one attached hydrogen (secondary N) is 1. The van der Waals surface area contributed by atoms with E-state index in [1.165, 1.54) is 19.8 Å². The van der Waals surface area contributed by atoms with Crippen LogP contribution >= 0.6 is 43.6 Å². The van der Waals surface area contributed by atoms with E-state index >= 15 is 0 Å². The standard InChI is InChI=1S/C17H19Br2NS/c1-3-10-20-12(2)16-9-8-15(11-17(16)19)21-14-6-4-13(18)5-7-14/h4-9,11-12,20H,3,10H2,1-2H3. The summed E-state index contributed by atoms with van der Waals surface area (Å²) in [6.45, 7) is 5.44. The summed E-state index contributed by atoms with van der Waals surface area (Å²) in [6, 6.07) is 15.4. The third kappa shape index (κ3) is 5.13. The quantitative estimate of drug-likeness (QED) is 0.569. The highest BCUT2D eigenvalue weighted by Gasteiger charge is 2.09. The highest BCUT2D eigenvalue weighted by molar-refractivity contribution is 9.10. The molecule has 0 amide bonds. The smallest absolute Gasteiger partial charge is 0.0302 e. The molecule has 0 saturated carbocycles. The summed E-state index contributed by atoms with van der Waals surface area (Å²) in [5, 5.41) is 3.52. The van der Waals surface area contributed by atoms with Gasteiger partial charge in [-0.2, -0.15) is 0 Å². The van der Waals surface area contributed by atoms with Gasteiger partial charge in [0.05, 0.1) is 0 Å². The van der Waals surface area contributed by atoms with Crippen molar-refractivity contribution in [3.05, 3.63) is 57.0 Å². The van der Waals surface area contributed by atoms with Gasteiger partial charge in [-0.15, -0.1) is 0 Å². The Labute approximate surface area is 148 Å². The monoisotopic (exact) mass is 427 g/mol. The van der Waals surface area contributed by atoms with Crippen LogP contribution in [0.3, 0.4) is 0 Å². The molecule has 0 fully saturated rings. The number of hydrogen-bond acceptors (Lipinski definition) is 2. The van der Waals surface area contributed by atoms with Crippen LogP contribution in [0.5, 0.6) is 0 Å². The largest absolute Gasteiger partial charge is 0.310 e. The van der Waals surface area contributed by atoms with Gasteiger partial charge in [0.15, 0.2) is 0 Å². The van der Waals surface area contributed by atoms with Gasteiger partial charge in [0, 0.05) is 24.8 Å². The second kappa shape index (κ2) is 8.37. The van der Waals surface area contributed by atoms with Crippen LogP contribution in [0.15, 0.2) is 61.2 Å². The molecule has 2 aromatic carbocycles.